The summed E-state index contributed by atoms with van der Waals surface area (Å²) in [6.07, 6.45) is 2.33. The molecule has 4 nitrogen and oxygen atoms in total. The van der Waals surface area contributed by atoms with E-state index in [-0.39, 0.29) is 5.25 Å². The Balaban J connectivity index is 3.10. The summed E-state index contributed by atoms with van der Waals surface area (Å²) in [6, 6.07) is 0. The molecule has 1 N–H and O–H groups in total. The van der Waals surface area contributed by atoms with Gasteiger partial charge in [-0.2, -0.15) is 0 Å². The quantitative estimate of drug-likeness (QED) is 0.557. The van der Waals surface area contributed by atoms with Gasteiger partial charge in [0.05, 0.1) is 30.8 Å². The summed E-state index contributed by atoms with van der Waals surface area (Å²) >= 11 is 0. The first-order chi connectivity index (χ1) is 8.54. The summed E-state index contributed by atoms with van der Waals surface area (Å²) in [5, 5.41) is 0.147. The Morgan fingerprint density at radius 1 is 1.00 bits per heavy atom. The predicted octanol–water partition coefficient (Wildman–Crippen LogP) is 2.12. The molecular weight excluding hydrogens is 250 g/mol. The van der Waals surface area contributed by atoms with Crippen molar-refractivity contribution in [1.29, 1.82) is 0 Å². The van der Waals surface area contributed by atoms with Gasteiger partial charge in [-0.25, -0.2) is 8.93 Å². The molecule has 0 radical (unpaired) electrons. The maximum Gasteiger partial charge on any atom is 0.0942 e. The third-order valence-electron chi connectivity index (χ3n) is 2.36. The second-order valence-electron chi connectivity index (χ2n) is 5.00. The molecule has 0 spiro atoms. The minimum absolute atomic E-state index is 0.147. The van der Waals surface area contributed by atoms with Crippen molar-refractivity contribution in [2.75, 3.05) is 33.0 Å². The fourth-order valence-corrected chi connectivity index (χ4v) is 1.91. The standard InChI is InChI=1S/C13H29NO3S/c1-12(2)6-5-8-16-10-11-17-9-7-14-18(15)13(3)4/h12-14H,5-11H2,1-4H3. The zero-order valence-electron chi connectivity index (χ0n) is 12.2. The molecule has 0 saturated heterocycles. The van der Waals surface area contributed by atoms with Crippen molar-refractivity contribution in [3.05, 3.63) is 0 Å². The number of rotatable bonds is 12. The molecule has 110 valence electrons. The first-order valence-corrected chi connectivity index (χ1v) is 8.05. The number of hydrogen-bond acceptors (Lipinski definition) is 3. The van der Waals surface area contributed by atoms with E-state index in [4.69, 9.17) is 9.47 Å². The van der Waals surface area contributed by atoms with Gasteiger partial charge in [-0.1, -0.05) is 13.8 Å². The molecule has 0 aliphatic heterocycles. The Morgan fingerprint density at radius 2 is 1.61 bits per heavy atom. The molecule has 5 heteroatoms. The zero-order chi connectivity index (χ0) is 13.8. The highest BCUT2D eigenvalue weighted by Crippen LogP contribution is 2.02. The molecule has 0 rings (SSSR count). The maximum absolute atomic E-state index is 11.3. The maximum atomic E-state index is 11.3. The van der Waals surface area contributed by atoms with E-state index in [1.54, 1.807) is 0 Å². The minimum Gasteiger partial charge on any atom is -0.379 e. The summed E-state index contributed by atoms with van der Waals surface area (Å²) < 4.78 is 25.1. The van der Waals surface area contributed by atoms with Crippen LogP contribution in [0.1, 0.15) is 40.5 Å². The average molecular weight is 279 g/mol. The van der Waals surface area contributed by atoms with Gasteiger partial charge in [0.2, 0.25) is 0 Å². The molecule has 1 atom stereocenters. The molecular formula is C13H29NO3S. The highest BCUT2D eigenvalue weighted by atomic mass is 32.2. The molecule has 0 aliphatic carbocycles. The molecule has 0 aromatic heterocycles. The van der Waals surface area contributed by atoms with Gasteiger partial charge in [0.15, 0.2) is 0 Å². The lowest BCUT2D eigenvalue weighted by molar-refractivity contribution is 0.0479. The van der Waals surface area contributed by atoms with Crippen molar-refractivity contribution in [1.82, 2.24) is 4.72 Å². The van der Waals surface area contributed by atoms with Crippen LogP contribution in [0.5, 0.6) is 0 Å². The molecule has 1 unspecified atom stereocenters. The van der Waals surface area contributed by atoms with Crippen LogP contribution in [-0.4, -0.2) is 42.4 Å². The second kappa shape index (κ2) is 12.1. The lowest BCUT2D eigenvalue weighted by atomic mass is 10.1. The monoisotopic (exact) mass is 279 g/mol. The summed E-state index contributed by atoms with van der Waals surface area (Å²) in [4.78, 5) is 0. The van der Waals surface area contributed by atoms with Crippen molar-refractivity contribution >= 4 is 11.0 Å². The van der Waals surface area contributed by atoms with Gasteiger partial charge in [0.1, 0.15) is 0 Å². The van der Waals surface area contributed by atoms with E-state index < -0.39 is 11.0 Å². The van der Waals surface area contributed by atoms with Gasteiger partial charge in [-0.3, -0.25) is 0 Å². The minimum atomic E-state index is -0.949. The van der Waals surface area contributed by atoms with E-state index in [2.05, 4.69) is 18.6 Å². The molecule has 0 aromatic rings. The molecule has 0 amide bonds. The first kappa shape index (κ1) is 18.0. The highest BCUT2D eigenvalue weighted by molar-refractivity contribution is 7.83. The zero-order valence-corrected chi connectivity index (χ0v) is 13.1. The first-order valence-electron chi connectivity index (χ1n) is 6.83. The summed E-state index contributed by atoms with van der Waals surface area (Å²) in [5.41, 5.74) is 0. The van der Waals surface area contributed by atoms with Crippen molar-refractivity contribution in [3.8, 4) is 0 Å². The van der Waals surface area contributed by atoms with Crippen LogP contribution in [0, 0.1) is 5.92 Å². The fourth-order valence-electron chi connectivity index (χ4n) is 1.30. The van der Waals surface area contributed by atoms with Crippen molar-refractivity contribution in [2.24, 2.45) is 5.92 Å². The average Bonchev–Trinajstić information content (AvgIpc) is 2.30. The fraction of sp³-hybridized carbons (Fsp3) is 1.00. The molecule has 0 bridgehead atoms. The Kier molecular flexibility index (Phi) is 12.1. The van der Waals surface area contributed by atoms with Crippen LogP contribution in [0.25, 0.3) is 0 Å². The van der Waals surface area contributed by atoms with Crippen LogP contribution in [0.4, 0.5) is 0 Å². The number of hydrogen-bond donors (Lipinski definition) is 1. The third-order valence-corrected chi connectivity index (χ3v) is 3.71. The SMILES string of the molecule is CC(C)CCCOCCOCCNS(=O)C(C)C. The van der Waals surface area contributed by atoms with E-state index in [9.17, 15) is 4.21 Å². The predicted molar refractivity (Wildman–Crippen MR) is 77.0 cm³/mol. The molecule has 0 aliphatic rings. The summed E-state index contributed by atoms with van der Waals surface area (Å²) in [7, 11) is -0.949. The Morgan fingerprint density at radius 3 is 2.17 bits per heavy atom. The molecule has 0 aromatic carbocycles. The Bertz CT molecular complexity index is 210. The summed E-state index contributed by atoms with van der Waals surface area (Å²) in [6.45, 7) is 11.6. The van der Waals surface area contributed by atoms with Crippen LogP contribution in [0.3, 0.4) is 0 Å². The molecule has 0 saturated carbocycles. The van der Waals surface area contributed by atoms with Crippen molar-refractivity contribution in [2.45, 2.75) is 45.8 Å². The van der Waals surface area contributed by atoms with Gasteiger partial charge in [-0.05, 0) is 32.6 Å². The largest absolute Gasteiger partial charge is 0.379 e. The highest BCUT2D eigenvalue weighted by Gasteiger charge is 2.02. The third kappa shape index (κ3) is 12.5. The topological polar surface area (TPSA) is 47.6 Å². The van der Waals surface area contributed by atoms with Crippen LogP contribution in [0.15, 0.2) is 0 Å². The van der Waals surface area contributed by atoms with Gasteiger partial charge in [0.25, 0.3) is 0 Å². The van der Waals surface area contributed by atoms with Gasteiger partial charge < -0.3 is 9.47 Å². The van der Waals surface area contributed by atoms with Crippen LogP contribution in [-0.2, 0) is 20.5 Å². The molecule has 0 heterocycles. The van der Waals surface area contributed by atoms with Crippen LogP contribution >= 0.6 is 0 Å². The second-order valence-corrected chi connectivity index (χ2v) is 6.83. The lowest BCUT2D eigenvalue weighted by Crippen LogP contribution is -2.27. The van der Waals surface area contributed by atoms with E-state index in [1.165, 1.54) is 6.42 Å². The van der Waals surface area contributed by atoms with E-state index >= 15 is 0 Å². The van der Waals surface area contributed by atoms with E-state index in [0.29, 0.717) is 26.4 Å². The van der Waals surface area contributed by atoms with Gasteiger partial charge in [0, 0.05) is 18.4 Å². The van der Waals surface area contributed by atoms with Gasteiger partial charge in [-0.15, -0.1) is 0 Å². The van der Waals surface area contributed by atoms with Gasteiger partial charge >= 0.3 is 0 Å². The van der Waals surface area contributed by atoms with Crippen LogP contribution < -0.4 is 4.72 Å². The van der Waals surface area contributed by atoms with Crippen molar-refractivity contribution in [3.63, 3.8) is 0 Å². The number of ether oxygens (including phenoxy) is 2. The molecule has 0 fully saturated rings. The molecule has 18 heavy (non-hydrogen) atoms. The van der Waals surface area contributed by atoms with E-state index in [0.717, 1.165) is 18.9 Å². The smallest absolute Gasteiger partial charge is 0.0942 e. The Hall–Kier alpha value is 0.0300. The normalized spacial score (nSPS) is 13.4. The number of nitrogens with one attached hydrogen (secondary N) is 1. The van der Waals surface area contributed by atoms with Crippen LogP contribution in [0.2, 0.25) is 0 Å². The Labute approximate surface area is 114 Å². The van der Waals surface area contributed by atoms with E-state index in [1.807, 2.05) is 13.8 Å². The van der Waals surface area contributed by atoms with Crippen molar-refractivity contribution < 1.29 is 13.7 Å². The summed E-state index contributed by atoms with van der Waals surface area (Å²) in [5.74, 6) is 0.748. The lowest BCUT2D eigenvalue weighted by Gasteiger charge is -2.08.